The molecule has 0 radical (unpaired) electrons. The van der Waals surface area contributed by atoms with Crippen LogP contribution < -0.4 is 5.32 Å². The van der Waals surface area contributed by atoms with Gasteiger partial charge in [0, 0.05) is 11.1 Å². The molecule has 0 amide bonds. The minimum atomic E-state index is 0.702. The fourth-order valence-corrected chi connectivity index (χ4v) is 3.23. The molecule has 100 valence electrons. The minimum Gasteiger partial charge on any atom is -0.314 e. The van der Waals surface area contributed by atoms with Gasteiger partial charge in [-0.25, -0.2) is 0 Å². The summed E-state index contributed by atoms with van der Waals surface area (Å²) in [5, 5.41) is 4.51. The van der Waals surface area contributed by atoms with E-state index in [-0.39, 0.29) is 0 Å². The molecule has 2 heteroatoms. The molecule has 0 aromatic heterocycles. The van der Waals surface area contributed by atoms with E-state index in [0.29, 0.717) is 6.04 Å². The van der Waals surface area contributed by atoms with Gasteiger partial charge >= 0.3 is 0 Å². The van der Waals surface area contributed by atoms with E-state index in [0.717, 1.165) is 23.9 Å². The van der Waals surface area contributed by atoms with E-state index in [2.05, 4.69) is 24.4 Å². The van der Waals surface area contributed by atoms with Crippen molar-refractivity contribution in [3.63, 3.8) is 0 Å². The third-order valence-electron chi connectivity index (χ3n) is 4.09. The molecule has 1 fully saturated rings. The lowest BCUT2D eigenvalue weighted by molar-refractivity contribution is 0.346. The number of hydrogen-bond donors (Lipinski definition) is 1. The maximum absolute atomic E-state index is 5.92. The fourth-order valence-electron chi connectivity index (χ4n) is 3.10. The minimum absolute atomic E-state index is 0.702. The maximum atomic E-state index is 5.92. The molecular formula is C16H24ClN. The average Bonchev–Trinajstić information content (AvgIpc) is 2.90. The molecule has 0 saturated heterocycles. The Labute approximate surface area is 116 Å². The summed E-state index contributed by atoms with van der Waals surface area (Å²) in [6, 6.07) is 9.00. The van der Waals surface area contributed by atoms with Crippen LogP contribution in [0.2, 0.25) is 5.02 Å². The normalized spacial score (nSPS) is 18.1. The lowest BCUT2D eigenvalue weighted by Gasteiger charge is -2.24. The Balaban J connectivity index is 1.86. The van der Waals surface area contributed by atoms with E-state index in [4.69, 9.17) is 11.6 Å². The molecule has 1 aliphatic carbocycles. The van der Waals surface area contributed by atoms with E-state index >= 15 is 0 Å². The molecule has 0 spiro atoms. The van der Waals surface area contributed by atoms with Gasteiger partial charge in [-0.2, -0.15) is 0 Å². The number of benzene rings is 1. The van der Waals surface area contributed by atoms with Crippen LogP contribution in [0.4, 0.5) is 0 Å². The summed E-state index contributed by atoms with van der Waals surface area (Å²) in [4.78, 5) is 0. The SMILES string of the molecule is CCNC(CCc1ccc(Cl)cc1)C1CCCC1. The van der Waals surface area contributed by atoms with Gasteiger partial charge in [0.15, 0.2) is 0 Å². The van der Waals surface area contributed by atoms with Crippen LogP contribution >= 0.6 is 11.6 Å². The highest BCUT2D eigenvalue weighted by Gasteiger charge is 2.23. The number of hydrogen-bond acceptors (Lipinski definition) is 1. The van der Waals surface area contributed by atoms with Crippen LogP contribution in [-0.2, 0) is 6.42 Å². The molecule has 18 heavy (non-hydrogen) atoms. The van der Waals surface area contributed by atoms with Crippen molar-refractivity contribution in [2.24, 2.45) is 5.92 Å². The molecule has 1 aliphatic rings. The Bertz CT molecular complexity index is 341. The molecule has 1 aromatic carbocycles. The van der Waals surface area contributed by atoms with Gasteiger partial charge in [0.05, 0.1) is 0 Å². The standard InChI is InChI=1S/C16H24ClN/c1-2-18-16(14-5-3-4-6-14)12-9-13-7-10-15(17)11-8-13/h7-8,10-11,14,16,18H,2-6,9,12H2,1H3. The summed E-state index contributed by atoms with van der Waals surface area (Å²) in [6.45, 7) is 3.30. The van der Waals surface area contributed by atoms with Crippen molar-refractivity contribution < 1.29 is 0 Å². The summed E-state index contributed by atoms with van der Waals surface area (Å²) in [5.41, 5.74) is 1.40. The Morgan fingerprint density at radius 3 is 2.50 bits per heavy atom. The molecule has 0 bridgehead atoms. The molecule has 1 atom stereocenters. The zero-order chi connectivity index (χ0) is 12.8. The first kappa shape index (κ1) is 13.9. The van der Waals surface area contributed by atoms with E-state index in [9.17, 15) is 0 Å². The zero-order valence-electron chi connectivity index (χ0n) is 11.3. The van der Waals surface area contributed by atoms with Crippen LogP contribution in [0, 0.1) is 5.92 Å². The van der Waals surface area contributed by atoms with Crippen molar-refractivity contribution in [3.8, 4) is 0 Å². The second-order valence-corrected chi connectivity index (χ2v) is 5.81. The van der Waals surface area contributed by atoms with Crippen LogP contribution in [-0.4, -0.2) is 12.6 Å². The molecule has 1 unspecified atom stereocenters. The van der Waals surface area contributed by atoms with Crippen LogP contribution in [0.3, 0.4) is 0 Å². The summed E-state index contributed by atoms with van der Waals surface area (Å²) in [5.74, 6) is 0.900. The van der Waals surface area contributed by atoms with E-state index in [1.165, 1.54) is 37.7 Å². The summed E-state index contributed by atoms with van der Waals surface area (Å²) < 4.78 is 0. The molecule has 0 heterocycles. The molecule has 1 nitrogen and oxygen atoms in total. The lowest BCUT2D eigenvalue weighted by atomic mass is 9.92. The first-order valence-corrected chi connectivity index (χ1v) is 7.65. The molecule has 1 N–H and O–H groups in total. The predicted octanol–water partition coefficient (Wildman–Crippen LogP) is 4.44. The Morgan fingerprint density at radius 2 is 1.89 bits per heavy atom. The van der Waals surface area contributed by atoms with Gasteiger partial charge in [0.1, 0.15) is 0 Å². The van der Waals surface area contributed by atoms with Gasteiger partial charge in [-0.3, -0.25) is 0 Å². The molecule has 0 aliphatic heterocycles. The smallest absolute Gasteiger partial charge is 0.0406 e. The van der Waals surface area contributed by atoms with Crippen LogP contribution in [0.1, 0.15) is 44.6 Å². The van der Waals surface area contributed by atoms with Gasteiger partial charge in [-0.15, -0.1) is 0 Å². The molecule has 1 aromatic rings. The number of rotatable bonds is 6. The van der Waals surface area contributed by atoms with E-state index in [1.807, 2.05) is 12.1 Å². The van der Waals surface area contributed by atoms with Crippen LogP contribution in [0.15, 0.2) is 24.3 Å². The van der Waals surface area contributed by atoms with Gasteiger partial charge < -0.3 is 5.32 Å². The van der Waals surface area contributed by atoms with Crippen LogP contribution in [0.25, 0.3) is 0 Å². The molecular weight excluding hydrogens is 242 g/mol. The first-order valence-electron chi connectivity index (χ1n) is 7.27. The zero-order valence-corrected chi connectivity index (χ0v) is 12.0. The Kier molecular flexibility index (Phi) is 5.52. The van der Waals surface area contributed by atoms with Crippen LogP contribution in [0.5, 0.6) is 0 Å². The third kappa shape index (κ3) is 4.00. The highest BCUT2D eigenvalue weighted by Crippen LogP contribution is 2.29. The van der Waals surface area contributed by atoms with Gasteiger partial charge in [0.25, 0.3) is 0 Å². The van der Waals surface area contributed by atoms with Crippen molar-refractivity contribution in [1.29, 1.82) is 0 Å². The predicted molar refractivity (Wildman–Crippen MR) is 79.2 cm³/mol. The van der Waals surface area contributed by atoms with Gasteiger partial charge in [0.2, 0.25) is 0 Å². The average molecular weight is 266 g/mol. The first-order chi connectivity index (χ1) is 8.79. The summed E-state index contributed by atoms with van der Waals surface area (Å²) >= 11 is 5.92. The maximum Gasteiger partial charge on any atom is 0.0406 e. The van der Waals surface area contributed by atoms with E-state index < -0.39 is 0 Å². The van der Waals surface area contributed by atoms with Crippen molar-refractivity contribution in [2.75, 3.05) is 6.54 Å². The largest absolute Gasteiger partial charge is 0.314 e. The highest BCUT2D eigenvalue weighted by atomic mass is 35.5. The second kappa shape index (κ2) is 7.16. The number of aryl methyl sites for hydroxylation is 1. The highest BCUT2D eigenvalue weighted by molar-refractivity contribution is 6.30. The fraction of sp³-hybridized carbons (Fsp3) is 0.625. The topological polar surface area (TPSA) is 12.0 Å². The monoisotopic (exact) mass is 265 g/mol. The van der Waals surface area contributed by atoms with E-state index in [1.54, 1.807) is 0 Å². The number of halogens is 1. The molecule has 2 rings (SSSR count). The quantitative estimate of drug-likeness (QED) is 0.802. The second-order valence-electron chi connectivity index (χ2n) is 5.37. The Morgan fingerprint density at radius 1 is 1.22 bits per heavy atom. The van der Waals surface area contributed by atoms with Crippen molar-refractivity contribution >= 4 is 11.6 Å². The summed E-state index contributed by atoms with van der Waals surface area (Å²) in [6.07, 6.45) is 8.09. The van der Waals surface area contributed by atoms with Gasteiger partial charge in [-0.1, -0.05) is 43.5 Å². The van der Waals surface area contributed by atoms with Gasteiger partial charge in [-0.05, 0) is 55.8 Å². The third-order valence-corrected chi connectivity index (χ3v) is 4.34. The van der Waals surface area contributed by atoms with Crippen molar-refractivity contribution in [2.45, 2.75) is 51.5 Å². The molecule has 1 saturated carbocycles. The van der Waals surface area contributed by atoms with Crippen molar-refractivity contribution in [3.05, 3.63) is 34.9 Å². The lowest BCUT2D eigenvalue weighted by Crippen LogP contribution is -2.35. The Hall–Kier alpha value is -0.530. The summed E-state index contributed by atoms with van der Waals surface area (Å²) in [7, 11) is 0. The number of nitrogens with one attached hydrogen (secondary N) is 1. The van der Waals surface area contributed by atoms with Crippen molar-refractivity contribution in [1.82, 2.24) is 5.32 Å².